The summed E-state index contributed by atoms with van der Waals surface area (Å²) < 4.78 is 24.0. The van der Waals surface area contributed by atoms with Crippen LogP contribution in [0.2, 0.25) is 0 Å². The third-order valence-corrected chi connectivity index (χ3v) is 21.4. The summed E-state index contributed by atoms with van der Waals surface area (Å²) in [6, 6.07) is -0.760. The number of allylic oxidation sites excluding steroid dienone is 4. The van der Waals surface area contributed by atoms with Gasteiger partial charge in [-0.15, -0.1) is 0 Å². The smallest absolute Gasteiger partial charge is 0.391 e. The van der Waals surface area contributed by atoms with Crippen LogP contribution in [0.5, 0.6) is 0 Å². The Kier molecular flexibility index (Phi) is 76.3. The van der Waals surface area contributed by atoms with Crippen molar-refractivity contribution in [2.45, 2.75) is 482 Å². The maximum absolute atomic E-state index is 13.1. The molecule has 3 unspecified atom stereocenters. The number of carbonyl (C=O) groups excluding carboxylic acids is 1. The van der Waals surface area contributed by atoms with Crippen LogP contribution in [0.15, 0.2) is 24.3 Å². The summed E-state index contributed by atoms with van der Waals surface area (Å²) in [5, 5.41) is 14.2. The van der Waals surface area contributed by atoms with E-state index in [9.17, 15) is 19.4 Å². The number of nitrogens with zero attached hydrogens (tertiary/aromatic N) is 1. The molecule has 0 radical (unpaired) electrons. The molecule has 0 aliphatic rings. The van der Waals surface area contributed by atoms with Crippen molar-refractivity contribution in [3.8, 4) is 0 Å². The number of aliphatic hydroxyl groups is 1. The van der Waals surface area contributed by atoms with Crippen molar-refractivity contribution in [2.24, 2.45) is 0 Å². The predicted molar refractivity (Wildman–Crippen MR) is 420 cm³/mol. The first-order valence-electron chi connectivity index (χ1n) is 43.2. The van der Waals surface area contributed by atoms with Gasteiger partial charge in [0.1, 0.15) is 13.2 Å². The minimum Gasteiger partial charge on any atom is -0.391 e. The second kappa shape index (κ2) is 77.1. The fourth-order valence-corrected chi connectivity index (χ4v) is 14.5. The van der Waals surface area contributed by atoms with Crippen LogP contribution in [0.3, 0.4) is 0 Å². The molecule has 0 saturated carbocycles. The molecule has 0 saturated heterocycles. The van der Waals surface area contributed by atoms with Crippen molar-refractivity contribution in [1.82, 2.24) is 5.32 Å². The van der Waals surface area contributed by atoms with E-state index in [-0.39, 0.29) is 19.1 Å². The molecule has 8 nitrogen and oxygen atoms in total. The van der Waals surface area contributed by atoms with Gasteiger partial charge in [-0.1, -0.05) is 443 Å². The van der Waals surface area contributed by atoms with Gasteiger partial charge in [-0.25, -0.2) is 4.57 Å². The van der Waals surface area contributed by atoms with E-state index in [2.05, 4.69) is 43.5 Å². The average Bonchev–Trinajstić information content (AvgIpc) is 2.01. The van der Waals surface area contributed by atoms with E-state index in [0.717, 1.165) is 44.9 Å². The van der Waals surface area contributed by atoms with Crippen LogP contribution in [-0.2, 0) is 18.4 Å². The highest BCUT2D eigenvalue weighted by molar-refractivity contribution is 7.47. The molecule has 95 heavy (non-hydrogen) atoms. The summed E-state index contributed by atoms with van der Waals surface area (Å²) in [5.74, 6) is -0.132. The number of nitrogens with one attached hydrogen (secondary N) is 1. The number of phosphoric acid groups is 1. The SMILES string of the molecule is CCCCCCC/C=C\C/C=C\CCCCCCCCCCCCCCCCCCCCCCCCCCCCCCCC(=O)NC(COP(=O)(O)OCC[N+](C)(C)C)C(O)CCCCCCCCCCCCCCCCCCCCCCCCCCCCCCCCCC. The van der Waals surface area contributed by atoms with Crippen molar-refractivity contribution >= 4 is 13.7 Å². The van der Waals surface area contributed by atoms with Crippen LogP contribution in [0.1, 0.15) is 470 Å². The number of hydrogen-bond acceptors (Lipinski definition) is 5. The van der Waals surface area contributed by atoms with Gasteiger partial charge < -0.3 is 19.8 Å². The third-order valence-electron chi connectivity index (χ3n) is 20.5. The molecular formula is C86H172N2O6P+. The molecule has 9 heteroatoms. The van der Waals surface area contributed by atoms with Crippen molar-refractivity contribution in [3.63, 3.8) is 0 Å². The maximum atomic E-state index is 13.1. The van der Waals surface area contributed by atoms with Crippen molar-refractivity contribution in [2.75, 3.05) is 40.9 Å². The highest BCUT2D eigenvalue weighted by Gasteiger charge is 2.28. The summed E-state index contributed by atoms with van der Waals surface area (Å²) in [5.41, 5.74) is 0. The number of likely N-dealkylation sites (N-methyl/N-ethyl adjacent to an activating group) is 1. The molecule has 3 N–H and O–H groups in total. The van der Waals surface area contributed by atoms with Gasteiger partial charge in [-0.2, -0.15) is 0 Å². The Hall–Kier alpha value is -1.02. The van der Waals surface area contributed by atoms with E-state index in [4.69, 9.17) is 9.05 Å². The van der Waals surface area contributed by atoms with Crippen molar-refractivity contribution < 1.29 is 32.9 Å². The molecule has 1 amide bonds. The number of hydrogen-bond donors (Lipinski definition) is 3. The van der Waals surface area contributed by atoms with Gasteiger partial charge in [0.25, 0.3) is 0 Å². The molecule has 0 aliphatic heterocycles. The van der Waals surface area contributed by atoms with Gasteiger partial charge in [-0.3, -0.25) is 13.8 Å². The van der Waals surface area contributed by atoms with Crippen LogP contribution in [-0.4, -0.2) is 73.4 Å². The molecule has 0 rings (SSSR count). The lowest BCUT2D eigenvalue weighted by Crippen LogP contribution is -2.46. The van der Waals surface area contributed by atoms with Crippen LogP contribution in [0, 0.1) is 0 Å². The lowest BCUT2D eigenvalue weighted by molar-refractivity contribution is -0.870. The number of aliphatic hydroxyl groups excluding tert-OH is 1. The molecule has 0 heterocycles. The molecule has 566 valence electrons. The Morgan fingerprint density at radius 3 is 0.863 bits per heavy atom. The average molecular weight is 1360 g/mol. The Bertz CT molecular complexity index is 1600. The van der Waals surface area contributed by atoms with Gasteiger partial charge >= 0.3 is 7.82 Å². The topological polar surface area (TPSA) is 105 Å². The quantitative estimate of drug-likeness (QED) is 0.0243. The summed E-state index contributed by atoms with van der Waals surface area (Å²) in [7, 11) is 1.64. The van der Waals surface area contributed by atoms with Crippen molar-refractivity contribution in [3.05, 3.63) is 24.3 Å². The molecule has 0 aromatic rings. The first kappa shape index (κ1) is 94.0. The maximum Gasteiger partial charge on any atom is 0.472 e. The Labute approximate surface area is 595 Å². The monoisotopic (exact) mass is 1360 g/mol. The lowest BCUT2D eigenvalue weighted by Gasteiger charge is -2.26. The van der Waals surface area contributed by atoms with Gasteiger partial charge in [0.05, 0.1) is 39.9 Å². The summed E-state index contributed by atoms with van der Waals surface area (Å²) >= 11 is 0. The fraction of sp³-hybridized carbons (Fsp3) is 0.942. The number of unbranched alkanes of at least 4 members (excludes halogenated alkanes) is 65. The highest BCUT2D eigenvalue weighted by Crippen LogP contribution is 2.43. The second-order valence-corrected chi connectivity index (χ2v) is 32.7. The zero-order valence-electron chi connectivity index (χ0n) is 65.2. The molecule has 0 aromatic heterocycles. The Balaban J connectivity index is 3.85. The van der Waals surface area contributed by atoms with E-state index < -0.39 is 20.0 Å². The first-order valence-corrected chi connectivity index (χ1v) is 44.7. The van der Waals surface area contributed by atoms with Gasteiger partial charge in [-0.05, 0) is 44.9 Å². The van der Waals surface area contributed by atoms with Gasteiger partial charge in [0.15, 0.2) is 0 Å². The van der Waals surface area contributed by atoms with E-state index >= 15 is 0 Å². The van der Waals surface area contributed by atoms with Gasteiger partial charge in [0.2, 0.25) is 5.91 Å². The number of carbonyl (C=O) groups is 1. The molecule has 0 aromatic carbocycles. The number of rotatable bonds is 82. The zero-order chi connectivity index (χ0) is 69.0. The van der Waals surface area contributed by atoms with Crippen LogP contribution < -0.4 is 5.32 Å². The van der Waals surface area contributed by atoms with Crippen LogP contribution in [0.25, 0.3) is 0 Å². The molecule has 0 fully saturated rings. The number of amides is 1. The van der Waals surface area contributed by atoms with E-state index in [1.54, 1.807) is 0 Å². The zero-order valence-corrected chi connectivity index (χ0v) is 66.1. The number of quaternary nitrogens is 1. The van der Waals surface area contributed by atoms with E-state index in [1.165, 1.54) is 398 Å². The van der Waals surface area contributed by atoms with Crippen LogP contribution >= 0.6 is 7.82 Å². The second-order valence-electron chi connectivity index (χ2n) is 31.3. The Morgan fingerprint density at radius 2 is 0.600 bits per heavy atom. The predicted octanol–water partition coefficient (Wildman–Crippen LogP) is 28.5. The van der Waals surface area contributed by atoms with E-state index in [1.807, 2.05) is 21.1 Å². The van der Waals surface area contributed by atoms with Crippen molar-refractivity contribution in [1.29, 1.82) is 0 Å². The lowest BCUT2D eigenvalue weighted by atomic mass is 10.0. The normalized spacial score (nSPS) is 13.5. The molecule has 0 spiro atoms. The minimum atomic E-state index is -4.33. The Morgan fingerprint density at radius 1 is 0.358 bits per heavy atom. The summed E-state index contributed by atoms with van der Waals surface area (Å²) in [6.07, 6.45) is 104. The minimum absolute atomic E-state index is 0.0786. The summed E-state index contributed by atoms with van der Waals surface area (Å²) in [4.78, 5) is 23.6. The van der Waals surface area contributed by atoms with Gasteiger partial charge in [0, 0.05) is 6.42 Å². The van der Waals surface area contributed by atoms with E-state index in [0.29, 0.717) is 23.9 Å². The summed E-state index contributed by atoms with van der Waals surface area (Å²) in [6.45, 7) is 4.96. The van der Waals surface area contributed by atoms with Crippen LogP contribution in [0.4, 0.5) is 0 Å². The largest absolute Gasteiger partial charge is 0.472 e. The molecule has 3 atom stereocenters. The number of phosphoric ester groups is 1. The molecular weight excluding hydrogens is 1190 g/mol. The fourth-order valence-electron chi connectivity index (χ4n) is 13.8. The molecule has 0 bridgehead atoms. The third kappa shape index (κ3) is 80.2. The highest BCUT2D eigenvalue weighted by atomic mass is 31.2. The standard InChI is InChI=1S/C86H171N2O6P/c1-6-8-10-12-14-16-18-20-22-24-26-28-30-32-34-36-38-40-41-42-43-44-45-46-47-48-50-52-54-56-58-60-62-64-66-68-70-72-74-76-78-80-86(90)87-84(83-94-95(91,92)93-82-81-88(3,4)5)85(89)79-77-75-73-71-69-67-65-63-61-59-57-55-53-51-49-39-37-35-33-31-29-27-25-23-21-19-17-15-13-11-9-7-2/h18,20,24,26,84-85,89H,6-17,19,21-23,25,27-83H2,1-5H3,(H-,87,90,91,92)/p+1/b20-18-,26-24-. The molecule has 0 aliphatic carbocycles. The first-order chi connectivity index (χ1) is 46.5.